The van der Waals surface area contributed by atoms with Gasteiger partial charge in [0.1, 0.15) is 5.67 Å². The number of hydrogen-bond donors (Lipinski definition) is 1. The van der Waals surface area contributed by atoms with E-state index in [0.29, 0.717) is 5.69 Å². The highest BCUT2D eigenvalue weighted by Gasteiger charge is 2.23. The van der Waals surface area contributed by atoms with Gasteiger partial charge in [0, 0.05) is 6.20 Å². The van der Waals surface area contributed by atoms with E-state index in [1.54, 1.807) is 13.0 Å². The third-order valence-electron chi connectivity index (χ3n) is 2.09. The fraction of sp³-hybridized carbons (Fsp3) is 0.600. The van der Waals surface area contributed by atoms with Gasteiger partial charge in [-0.3, -0.25) is 9.48 Å². The van der Waals surface area contributed by atoms with Gasteiger partial charge in [-0.2, -0.15) is 5.10 Å². The van der Waals surface area contributed by atoms with Crippen molar-refractivity contribution in [2.24, 2.45) is 0 Å². The first kappa shape index (κ1) is 11.7. The molecule has 1 aromatic rings. The number of hydrogen-bond acceptors (Lipinski definition) is 2. The van der Waals surface area contributed by atoms with Crippen molar-refractivity contribution >= 4 is 5.97 Å². The van der Waals surface area contributed by atoms with Gasteiger partial charge in [-0.15, -0.1) is 0 Å². The smallest absolute Gasteiger partial charge is 0.312 e. The number of nitrogens with zero attached hydrogens (tertiary/aromatic N) is 2. The number of halogens is 1. The van der Waals surface area contributed by atoms with Crippen LogP contribution in [0.4, 0.5) is 4.39 Å². The highest BCUT2D eigenvalue weighted by molar-refractivity contribution is 5.74. The highest BCUT2D eigenvalue weighted by Crippen LogP contribution is 2.18. The molecule has 84 valence electrons. The standard InChI is InChI=1S/C10H15FN2O2/c1-7(9(14)15)8-4-5-12-13(8)6-10(2,3)11/h4-5,7H,6H2,1-3H3,(H,14,15). The molecule has 0 aliphatic rings. The van der Waals surface area contributed by atoms with E-state index in [2.05, 4.69) is 5.10 Å². The Morgan fingerprint density at radius 2 is 2.33 bits per heavy atom. The van der Waals surface area contributed by atoms with Crippen molar-refractivity contribution in [1.82, 2.24) is 9.78 Å². The molecule has 1 rings (SSSR count). The van der Waals surface area contributed by atoms with Crippen LogP contribution in [-0.2, 0) is 11.3 Å². The molecular formula is C10H15FN2O2. The molecule has 0 aromatic carbocycles. The van der Waals surface area contributed by atoms with Crippen molar-refractivity contribution < 1.29 is 14.3 Å². The number of aliphatic carboxylic acids is 1. The summed E-state index contributed by atoms with van der Waals surface area (Å²) in [6.45, 7) is 4.49. The van der Waals surface area contributed by atoms with Gasteiger partial charge in [-0.1, -0.05) is 0 Å². The summed E-state index contributed by atoms with van der Waals surface area (Å²) < 4.78 is 14.8. The molecule has 0 fully saturated rings. The second-order valence-electron chi connectivity index (χ2n) is 4.19. The number of aromatic nitrogens is 2. The van der Waals surface area contributed by atoms with Gasteiger partial charge < -0.3 is 5.11 Å². The normalized spacial score (nSPS) is 13.9. The van der Waals surface area contributed by atoms with Crippen LogP contribution >= 0.6 is 0 Å². The molecule has 1 atom stereocenters. The van der Waals surface area contributed by atoms with Crippen molar-refractivity contribution in [1.29, 1.82) is 0 Å². The molecule has 1 N–H and O–H groups in total. The molecule has 1 aromatic heterocycles. The fourth-order valence-corrected chi connectivity index (χ4v) is 1.33. The molecule has 1 heterocycles. The molecule has 0 amide bonds. The maximum absolute atomic E-state index is 13.4. The number of alkyl halides is 1. The zero-order valence-electron chi connectivity index (χ0n) is 9.07. The Kier molecular flexibility index (Phi) is 3.12. The van der Waals surface area contributed by atoms with Crippen LogP contribution in [0.5, 0.6) is 0 Å². The van der Waals surface area contributed by atoms with Crippen LogP contribution in [0.3, 0.4) is 0 Å². The van der Waals surface area contributed by atoms with Crippen LogP contribution in [0.25, 0.3) is 0 Å². The number of carboxylic acid groups (broad SMARTS) is 1. The maximum Gasteiger partial charge on any atom is 0.312 e. The molecular weight excluding hydrogens is 199 g/mol. The van der Waals surface area contributed by atoms with Crippen molar-refractivity contribution in [3.8, 4) is 0 Å². The van der Waals surface area contributed by atoms with E-state index in [4.69, 9.17) is 5.11 Å². The Morgan fingerprint density at radius 1 is 1.73 bits per heavy atom. The monoisotopic (exact) mass is 214 g/mol. The quantitative estimate of drug-likeness (QED) is 0.831. The first-order valence-electron chi connectivity index (χ1n) is 4.75. The predicted octanol–water partition coefficient (Wildman–Crippen LogP) is 1.82. The SMILES string of the molecule is CC(C(=O)O)c1ccnn1CC(C)(C)F. The Hall–Kier alpha value is -1.39. The van der Waals surface area contributed by atoms with Crippen LogP contribution in [0.1, 0.15) is 32.4 Å². The van der Waals surface area contributed by atoms with Crippen LogP contribution in [0.2, 0.25) is 0 Å². The summed E-state index contributed by atoms with van der Waals surface area (Å²) in [6.07, 6.45) is 1.49. The summed E-state index contributed by atoms with van der Waals surface area (Å²) in [4.78, 5) is 10.8. The molecule has 4 nitrogen and oxygen atoms in total. The molecule has 0 bridgehead atoms. The van der Waals surface area contributed by atoms with E-state index in [-0.39, 0.29) is 6.54 Å². The lowest BCUT2D eigenvalue weighted by atomic mass is 10.1. The van der Waals surface area contributed by atoms with Crippen LogP contribution in [-0.4, -0.2) is 26.5 Å². The topological polar surface area (TPSA) is 55.1 Å². The average molecular weight is 214 g/mol. The molecule has 15 heavy (non-hydrogen) atoms. The van der Waals surface area contributed by atoms with Gasteiger partial charge in [0.25, 0.3) is 0 Å². The van der Waals surface area contributed by atoms with Gasteiger partial charge in [-0.05, 0) is 26.8 Å². The van der Waals surface area contributed by atoms with Crippen molar-refractivity contribution in [3.05, 3.63) is 18.0 Å². The fourth-order valence-electron chi connectivity index (χ4n) is 1.33. The van der Waals surface area contributed by atoms with Crippen molar-refractivity contribution in [2.45, 2.75) is 38.9 Å². The lowest BCUT2D eigenvalue weighted by molar-refractivity contribution is -0.138. The highest BCUT2D eigenvalue weighted by atomic mass is 19.1. The first-order valence-corrected chi connectivity index (χ1v) is 4.75. The van der Waals surface area contributed by atoms with Gasteiger partial charge in [0.15, 0.2) is 0 Å². The Balaban J connectivity index is 2.92. The zero-order valence-corrected chi connectivity index (χ0v) is 9.07. The second kappa shape index (κ2) is 4.00. The lowest BCUT2D eigenvalue weighted by Crippen LogP contribution is -2.24. The summed E-state index contributed by atoms with van der Waals surface area (Å²) in [6, 6.07) is 1.60. The van der Waals surface area contributed by atoms with E-state index in [1.807, 2.05) is 0 Å². The minimum absolute atomic E-state index is 0.0625. The van der Waals surface area contributed by atoms with Crippen LogP contribution < -0.4 is 0 Å². The van der Waals surface area contributed by atoms with Crippen LogP contribution in [0.15, 0.2) is 12.3 Å². The van der Waals surface area contributed by atoms with E-state index in [0.717, 1.165) is 0 Å². The van der Waals surface area contributed by atoms with E-state index in [9.17, 15) is 9.18 Å². The Morgan fingerprint density at radius 3 is 2.80 bits per heavy atom. The maximum atomic E-state index is 13.4. The molecule has 0 aliphatic carbocycles. The second-order valence-corrected chi connectivity index (χ2v) is 4.19. The van der Waals surface area contributed by atoms with Crippen molar-refractivity contribution in [3.63, 3.8) is 0 Å². The largest absolute Gasteiger partial charge is 0.481 e. The van der Waals surface area contributed by atoms with Gasteiger partial charge in [0.2, 0.25) is 0 Å². The van der Waals surface area contributed by atoms with E-state index < -0.39 is 17.6 Å². The summed E-state index contributed by atoms with van der Waals surface area (Å²) in [5.41, 5.74) is -0.882. The zero-order chi connectivity index (χ0) is 11.6. The summed E-state index contributed by atoms with van der Waals surface area (Å²) >= 11 is 0. The molecule has 0 radical (unpaired) electrons. The van der Waals surface area contributed by atoms with Crippen molar-refractivity contribution in [2.75, 3.05) is 0 Å². The Bertz CT molecular complexity index is 355. The molecule has 0 saturated heterocycles. The van der Waals surface area contributed by atoms with Gasteiger partial charge >= 0.3 is 5.97 Å². The molecule has 1 unspecified atom stereocenters. The number of rotatable bonds is 4. The minimum atomic E-state index is -1.40. The Labute approximate surface area is 87.7 Å². The molecule has 0 spiro atoms. The summed E-state index contributed by atoms with van der Waals surface area (Å²) in [7, 11) is 0. The number of carboxylic acids is 1. The molecule has 0 saturated carbocycles. The number of carbonyl (C=O) groups is 1. The van der Waals surface area contributed by atoms with E-state index >= 15 is 0 Å². The third kappa shape index (κ3) is 3.04. The summed E-state index contributed by atoms with van der Waals surface area (Å²) in [5.74, 6) is -1.61. The van der Waals surface area contributed by atoms with Gasteiger partial charge in [0.05, 0.1) is 18.2 Å². The minimum Gasteiger partial charge on any atom is -0.481 e. The lowest BCUT2D eigenvalue weighted by Gasteiger charge is -2.17. The molecule has 5 heteroatoms. The van der Waals surface area contributed by atoms with Crippen LogP contribution in [0, 0.1) is 0 Å². The summed E-state index contributed by atoms with van der Waals surface area (Å²) in [5, 5.41) is 12.8. The predicted molar refractivity (Wildman–Crippen MR) is 53.5 cm³/mol. The average Bonchev–Trinajstić information content (AvgIpc) is 2.47. The van der Waals surface area contributed by atoms with E-state index in [1.165, 1.54) is 24.7 Å². The van der Waals surface area contributed by atoms with Gasteiger partial charge in [-0.25, -0.2) is 4.39 Å². The molecule has 0 aliphatic heterocycles. The third-order valence-corrected chi connectivity index (χ3v) is 2.09. The first-order chi connectivity index (χ1) is 6.81.